The summed E-state index contributed by atoms with van der Waals surface area (Å²) in [4.78, 5) is 9.46. The second-order valence-electron chi connectivity index (χ2n) is 23.1. The monoisotopic (exact) mass is 1110 g/mol. The van der Waals surface area contributed by atoms with Crippen LogP contribution in [0.2, 0.25) is 26.2 Å². The Morgan fingerprint density at radius 3 is 1.62 bits per heavy atom. The number of fused-ring (bicyclic) bond motifs is 10. The quantitative estimate of drug-likeness (QED) is 0.162. The Morgan fingerprint density at radius 2 is 1.12 bits per heavy atom. The molecule has 1 aromatic heterocycles. The Kier molecular flexibility index (Phi) is 42.1. The van der Waals surface area contributed by atoms with Crippen molar-refractivity contribution in [2.45, 2.75) is 176 Å². The fourth-order valence-electron chi connectivity index (χ4n) is 12.3. The fourth-order valence-corrected chi connectivity index (χ4v) is 19.9. The molecule has 1 saturated heterocycles. The second-order valence-corrected chi connectivity index (χ2v) is 30.6. The number of aryl methyl sites for hydroxylation is 1. The molecule has 7 unspecified atom stereocenters. The minimum absolute atomic E-state index is 0. The van der Waals surface area contributed by atoms with Crippen LogP contribution in [0.5, 0.6) is 0 Å². The molecule has 0 spiro atoms. The first-order chi connectivity index (χ1) is 32.8. The summed E-state index contributed by atoms with van der Waals surface area (Å²) >= 11 is 0. The van der Waals surface area contributed by atoms with Gasteiger partial charge in [0.1, 0.15) is 0 Å². The van der Waals surface area contributed by atoms with Gasteiger partial charge in [0.2, 0.25) is 8.40 Å². The van der Waals surface area contributed by atoms with E-state index in [2.05, 4.69) is 170 Å². The van der Waals surface area contributed by atoms with Gasteiger partial charge in [-0.3, -0.25) is 0 Å². The molecule has 0 amide bonds. The Labute approximate surface area is 486 Å². The largest absolute Gasteiger partial charge is 4.00 e. The SMILES string of the molecule is CC.CC1CCC2C(C1)C1CC3CCCCC3C1N2[Si](C)(C)[N-]C(C)(C)C.C[N-]C.C[N-]C.C[N-]C.C[N-]C.C[N-]C.C[N-]C.Cc1ccc2c(c1)c1c(n2[Si](C)(C)NC(C)(C)C)-c2ccccc2C1.[CH3-].[Ti+4].[Ti+4]. The first-order valence-corrected chi connectivity index (χ1v) is 32.6. The number of nitrogens with zero attached hydrogens (tertiary/aromatic N) is 9. The van der Waals surface area contributed by atoms with E-state index in [4.69, 9.17) is 4.98 Å². The summed E-state index contributed by atoms with van der Waals surface area (Å²) in [7, 11) is 17.4. The van der Waals surface area contributed by atoms with E-state index in [1.807, 2.05) is 13.8 Å². The van der Waals surface area contributed by atoms with E-state index < -0.39 is 16.8 Å². The van der Waals surface area contributed by atoms with E-state index in [9.17, 15) is 0 Å². The van der Waals surface area contributed by atoms with E-state index >= 15 is 0 Å². The average Bonchev–Trinajstić information content (AvgIpc) is 3.99. The van der Waals surface area contributed by atoms with Crippen LogP contribution in [0.4, 0.5) is 0 Å². The summed E-state index contributed by atoms with van der Waals surface area (Å²) < 4.78 is 5.78. The summed E-state index contributed by atoms with van der Waals surface area (Å²) in [5, 5.41) is 22.4. The van der Waals surface area contributed by atoms with Crippen molar-refractivity contribution in [3.63, 3.8) is 0 Å². The Balaban J connectivity index is -0.000000467. The number of benzene rings is 2. The number of nitrogens with one attached hydrogen (secondary N) is 1. The zero-order valence-electron chi connectivity index (χ0n) is 52.5. The molecule has 4 fully saturated rings. The fraction of sp³-hybridized carbons (Fsp3) is 0.746. The molecule has 1 aliphatic heterocycles. The maximum atomic E-state index is 5.50. The maximum Gasteiger partial charge on any atom is 4.00 e. The van der Waals surface area contributed by atoms with Crippen molar-refractivity contribution >= 4 is 27.7 Å². The Hall–Kier alpha value is -0.518. The molecule has 73 heavy (non-hydrogen) atoms. The standard InChI is InChI=1S/C22H41N2Si.C22H28N2Si.6C2H6N.C2H6.CH3.2Ti/c2*1-15-11-12-20-18(13-15)19-14-16-9-7-8-10-17(16)21(19)24(20)25(5,6)23-22(2,3)4;6*1-3-2;1-2;;;/h15-21H,7-14H2,1-6H3;7-13,23H,14H2,1-6H3;6*1-2H3;1-2H3;1H3;;/q-1;;6*-1;;-1;2*+4. The summed E-state index contributed by atoms with van der Waals surface area (Å²) in [5.41, 5.74) is 8.77. The minimum atomic E-state index is -1.90. The first kappa shape index (κ1) is 79.0. The van der Waals surface area contributed by atoms with Gasteiger partial charge in [0.25, 0.3) is 0 Å². The molecule has 2 heterocycles. The molecule has 416 valence electrons. The van der Waals surface area contributed by atoms with Gasteiger partial charge in [-0.05, 0) is 126 Å². The zero-order chi connectivity index (χ0) is 54.2. The van der Waals surface area contributed by atoms with Gasteiger partial charge in [-0.1, -0.05) is 110 Å². The molecule has 3 saturated carbocycles. The van der Waals surface area contributed by atoms with Gasteiger partial charge >= 0.3 is 43.4 Å². The molecular formula is C59H114N10Si2Ti2. The van der Waals surface area contributed by atoms with Crippen LogP contribution < -0.4 is 4.98 Å². The normalized spacial score (nSPS) is 21.8. The van der Waals surface area contributed by atoms with Gasteiger partial charge < -0.3 is 58.1 Å². The van der Waals surface area contributed by atoms with Crippen LogP contribution in [0.1, 0.15) is 130 Å². The molecule has 1 N–H and O–H groups in total. The van der Waals surface area contributed by atoms with Crippen LogP contribution in [0.3, 0.4) is 0 Å². The van der Waals surface area contributed by atoms with Crippen molar-refractivity contribution < 1.29 is 43.4 Å². The molecule has 7 atom stereocenters. The van der Waals surface area contributed by atoms with E-state index in [1.54, 1.807) is 91.0 Å². The summed E-state index contributed by atoms with van der Waals surface area (Å²) in [6.45, 7) is 32.4. The molecule has 14 heteroatoms. The van der Waals surface area contributed by atoms with E-state index in [-0.39, 0.29) is 61.9 Å². The van der Waals surface area contributed by atoms with Crippen LogP contribution in [0.25, 0.3) is 59.0 Å². The van der Waals surface area contributed by atoms with Gasteiger partial charge in [-0.15, -0.1) is 5.54 Å². The predicted octanol–water partition coefficient (Wildman–Crippen LogP) is 16.8. The number of rotatable bonds is 4. The van der Waals surface area contributed by atoms with Gasteiger partial charge in [0.15, 0.2) is 0 Å². The van der Waals surface area contributed by atoms with Crippen LogP contribution in [0, 0.1) is 43.9 Å². The van der Waals surface area contributed by atoms with Gasteiger partial charge in [0.05, 0.1) is 0 Å². The van der Waals surface area contributed by atoms with Gasteiger partial charge in [-0.2, -0.15) is 84.6 Å². The third-order valence-electron chi connectivity index (χ3n) is 13.1. The van der Waals surface area contributed by atoms with Crippen LogP contribution in [-0.2, 0) is 49.9 Å². The van der Waals surface area contributed by atoms with Crippen molar-refractivity contribution in [3.8, 4) is 11.3 Å². The summed E-state index contributed by atoms with van der Waals surface area (Å²) in [5.74, 6) is 4.99. The summed E-state index contributed by atoms with van der Waals surface area (Å²) in [6, 6.07) is 17.6. The summed E-state index contributed by atoms with van der Waals surface area (Å²) in [6.07, 6.45) is 13.0. The van der Waals surface area contributed by atoms with Gasteiger partial charge in [-0.25, -0.2) is 0 Å². The van der Waals surface area contributed by atoms with Crippen molar-refractivity contribution in [2.24, 2.45) is 29.6 Å². The molecule has 8 rings (SSSR count). The zero-order valence-corrected chi connectivity index (χ0v) is 57.6. The molecule has 0 radical (unpaired) electrons. The third kappa shape index (κ3) is 24.2. The Morgan fingerprint density at radius 1 is 0.630 bits per heavy atom. The van der Waals surface area contributed by atoms with Crippen molar-refractivity contribution in [2.75, 3.05) is 84.6 Å². The molecule has 3 aromatic rings. The molecule has 4 aliphatic carbocycles. The van der Waals surface area contributed by atoms with Crippen molar-refractivity contribution in [1.29, 1.82) is 0 Å². The average molecular weight is 1120 g/mol. The van der Waals surface area contributed by atoms with E-state index in [0.717, 1.165) is 48.1 Å². The number of hydrogen-bond donors (Lipinski definition) is 1. The van der Waals surface area contributed by atoms with Gasteiger partial charge in [0, 0.05) is 54.6 Å². The topological polar surface area (TPSA) is 119 Å². The van der Waals surface area contributed by atoms with E-state index in [1.165, 1.54) is 83.8 Å². The smallest absolute Gasteiger partial charge is 0.668 e. The third-order valence-corrected chi connectivity index (χ3v) is 19.2. The molecule has 0 bridgehead atoms. The second kappa shape index (κ2) is 39.0. The molecule has 5 aliphatic rings. The first-order valence-electron chi connectivity index (χ1n) is 26.8. The molecular weight excluding hydrogens is 1000 g/mol. The van der Waals surface area contributed by atoms with E-state index in [0.29, 0.717) is 0 Å². The maximum absolute atomic E-state index is 5.50. The van der Waals surface area contributed by atoms with Crippen LogP contribution in [0.15, 0.2) is 42.5 Å². The number of hydrogen-bond acceptors (Lipinski definition) is 2. The predicted molar refractivity (Wildman–Crippen MR) is 330 cm³/mol. The minimum Gasteiger partial charge on any atom is -0.668 e. The Bertz CT molecular complexity index is 1830. The van der Waals surface area contributed by atoms with Crippen molar-refractivity contribution in [3.05, 3.63) is 103 Å². The van der Waals surface area contributed by atoms with Crippen LogP contribution >= 0.6 is 0 Å². The van der Waals surface area contributed by atoms with Crippen molar-refractivity contribution in [1.82, 2.24) is 13.8 Å². The molecule has 2 aromatic carbocycles. The van der Waals surface area contributed by atoms with Crippen LogP contribution in [-0.4, -0.2) is 133 Å². The number of aromatic nitrogens is 1. The molecule has 10 nitrogen and oxygen atoms in total.